The zero-order chi connectivity index (χ0) is 17.1. The molecule has 2 saturated carbocycles. The van der Waals surface area contributed by atoms with Crippen molar-refractivity contribution in [2.24, 2.45) is 17.8 Å². The number of anilines is 1. The fourth-order valence-electron chi connectivity index (χ4n) is 5.59. The molecule has 0 radical (unpaired) electrons. The molecule has 0 unspecified atom stereocenters. The summed E-state index contributed by atoms with van der Waals surface area (Å²) in [4.78, 5) is 10.9. The van der Waals surface area contributed by atoms with Crippen LogP contribution < -0.4 is 5.32 Å². The maximum absolute atomic E-state index is 11.2. The van der Waals surface area contributed by atoms with E-state index in [2.05, 4.69) is 17.4 Å². The molecule has 5 atom stereocenters. The molecule has 2 aliphatic carbocycles. The highest BCUT2D eigenvalue weighted by atomic mass is 35.5. The van der Waals surface area contributed by atoms with E-state index in [1.807, 2.05) is 18.2 Å². The molecule has 5 rings (SSSR count). The van der Waals surface area contributed by atoms with Gasteiger partial charge in [-0.15, -0.1) is 0 Å². The SMILES string of the molecule is O=[N+]([O-])c1ccc2c(c1)[C@@H]1[C@H]3CC[C@@H](C3)[C@H]1[C@H](c1ccc(Cl)cc1)N2. The van der Waals surface area contributed by atoms with E-state index in [9.17, 15) is 10.1 Å². The number of hydrogen-bond acceptors (Lipinski definition) is 3. The molecule has 0 spiro atoms. The molecule has 1 aliphatic heterocycles. The van der Waals surface area contributed by atoms with Crippen molar-refractivity contribution in [3.63, 3.8) is 0 Å². The number of benzene rings is 2. The summed E-state index contributed by atoms with van der Waals surface area (Å²) in [5.41, 5.74) is 3.67. The first-order chi connectivity index (χ1) is 12.1. The zero-order valence-corrected chi connectivity index (χ0v) is 14.4. The number of nitrogens with one attached hydrogen (secondary N) is 1. The zero-order valence-electron chi connectivity index (χ0n) is 13.7. The first-order valence-corrected chi connectivity index (χ1v) is 9.30. The summed E-state index contributed by atoms with van der Waals surface area (Å²) in [5, 5.41) is 15.7. The monoisotopic (exact) mass is 354 g/mol. The summed E-state index contributed by atoms with van der Waals surface area (Å²) in [5.74, 6) is 2.30. The number of fused-ring (bicyclic) bond motifs is 7. The van der Waals surface area contributed by atoms with Gasteiger partial charge in [-0.2, -0.15) is 0 Å². The molecule has 2 aromatic carbocycles. The molecular formula is C20H19ClN2O2. The van der Waals surface area contributed by atoms with E-state index >= 15 is 0 Å². The van der Waals surface area contributed by atoms with Gasteiger partial charge in [-0.25, -0.2) is 0 Å². The minimum absolute atomic E-state index is 0.201. The number of nitrogens with zero attached hydrogens (tertiary/aromatic N) is 1. The van der Waals surface area contributed by atoms with Gasteiger partial charge in [0.15, 0.2) is 0 Å². The lowest BCUT2D eigenvalue weighted by atomic mass is 9.68. The summed E-state index contributed by atoms with van der Waals surface area (Å²) >= 11 is 6.07. The van der Waals surface area contributed by atoms with Gasteiger partial charge in [0.2, 0.25) is 0 Å². The number of hydrogen-bond donors (Lipinski definition) is 1. The van der Waals surface area contributed by atoms with Crippen molar-refractivity contribution in [1.29, 1.82) is 0 Å². The van der Waals surface area contributed by atoms with Gasteiger partial charge in [0.05, 0.1) is 11.0 Å². The molecule has 3 aliphatic rings. The van der Waals surface area contributed by atoms with Crippen molar-refractivity contribution in [3.05, 3.63) is 68.7 Å². The Labute approximate surface area is 151 Å². The highest BCUT2D eigenvalue weighted by molar-refractivity contribution is 6.30. The highest BCUT2D eigenvalue weighted by Crippen LogP contribution is 2.63. The van der Waals surface area contributed by atoms with Gasteiger partial charge in [0.1, 0.15) is 0 Å². The average molecular weight is 355 g/mol. The van der Waals surface area contributed by atoms with E-state index < -0.39 is 0 Å². The summed E-state index contributed by atoms with van der Waals surface area (Å²) in [6, 6.07) is 13.7. The van der Waals surface area contributed by atoms with Crippen LogP contribution in [0.3, 0.4) is 0 Å². The van der Waals surface area contributed by atoms with Gasteiger partial charge in [0.25, 0.3) is 5.69 Å². The van der Waals surface area contributed by atoms with E-state index in [1.54, 1.807) is 12.1 Å². The third-order valence-corrected chi connectivity index (χ3v) is 6.76. The second-order valence-corrected chi connectivity index (χ2v) is 8.08. The van der Waals surface area contributed by atoms with Crippen molar-refractivity contribution in [2.75, 3.05) is 5.32 Å². The van der Waals surface area contributed by atoms with Crippen molar-refractivity contribution in [3.8, 4) is 0 Å². The Morgan fingerprint density at radius 3 is 2.60 bits per heavy atom. The standard InChI is InChI=1S/C20H19ClN2O2/c21-14-5-3-11(4-6-14)20-19-13-2-1-12(9-13)18(19)16-10-15(23(24)25)7-8-17(16)22-20/h3-8,10,12-13,18-20,22H,1-2,9H2/t12-,13-,18-,19+,20-/m0/s1. The molecule has 2 fully saturated rings. The van der Waals surface area contributed by atoms with E-state index in [1.165, 1.54) is 24.8 Å². The second kappa shape index (κ2) is 5.46. The van der Waals surface area contributed by atoms with Crippen LogP contribution in [0.2, 0.25) is 5.02 Å². The van der Waals surface area contributed by atoms with Crippen LogP contribution in [0.5, 0.6) is 0 Å². The van der Waals surface area contributed by atoms with Gasteiger partial charge >= 0.3 is 0 Å². The predicted octanol–water partition coefficient (Wildman–Crippen LogP) is 5.54. The Bertz CT molecular complexity index is 851. The van der Waals surface area contributed by atoms with E-state index in [4.69, 9.17) is 11.6 Å². The minimum atomic E-state index is -0.284. The average Bonchev–Trinajstić information content (AvgIpc) is 3.23. The van der Waals surface area contributed by atoms with Gasteiger partial charge in [-0.05, 0) is 72.3 Å². The highest BCUT2D eigenvalue weighted by Gasteiger charge is 2.54. The fraction of sp³-hybridized carbons (Fsp3) is 0.400. The second-order valence-electron chi connectivity index (χ2n) is 7.64. The van der Waals surface area contributed by atoms with Crippen LogP contribution in [0.4, 0.5) is 11.4 Å². The molecule has 1 heterocycles. The number of halogens is 1. The molecule has 4 nitrogen and oxygen atoms in total. The van der Waals surface area contributed by atoms with E-state index in [0.29, 0.717) is 23.7 Å². The molecule has 5 heteroatoms. The molecule has 25 heavy (non-hydrogen) atoms. The van der Waals surface area contributed by atoms with Gasteiger partial charge < -0.3 is 5.32 Å². The van der Waals surface area contributed by atoms with Crippen molar-refractivity contribution < 1.29 is 4.92 Å². The minimum Gasteiger partial charge on any atom is -0.378 e. The first kappa shape index (κ1) is 15.2. The smallest absolute Gasteiger partial charge is 0.269 e. The van der Waals surface area contributed by atoms with Crippen LogP contribution in [0, 0.1) is 27.9 Å². The summed E-state index contributed by atoms with van der Waals surface area (Å²) in [6.07, 6.45) is 3.78. The predicted molar refractivity (Wildman–Crippen MR) is 98.0 cm³/mol. The van der Waals surface area contributed by atoms with Crippen molar-refractivity contribution >= 4 is 23.0 Å². The fourth-order valence-corrected chi connectivity index (χ4v) is 5.71. The molecule has 0 aromatic heterocycles. The molecule has 128 valence electrons. The number of nitro groups is 1. The summed E-state index contributed by atoms with van der Waals surface area (Å²) < 4.78 is 0. The van der Waals surface area contributed by atoms with Gasteiger partial charge in [-0.3, -0.25) is 10.1 Å². The van der Waals surface area contributed by atoms with Crippen LogP contribution in [0.1, 0.15) is 42.3 Å². The van der Waals surface area contributed by atoms with Crippen LogP contribution in [-0.2, 0) is 0 Å². The Balaban J connectivity index is 1.62. The van der Waals surface area contributed by atoms with Crippen LogP contribution in [0.25, 0.3) is 0 Å². The number of rotatable bonds is 2. The summed E-state index contributed by atoms with van der Waals surface area (Å²) in [6.45, 7) is 0. The Morgan fingerprint density at radius 2 is 1.84 bits per heavy atom. The molecule has 0 amide bonds. The third kappa shape index (κ3) is 2.27. The lowest BCUT2D eigenvalue weighted by Gasteiger charge is -2.43. The lowest BCUT2D eigenvalue weighted by molar-refractivity contribution is -0.384. The van der Waals surface area contributed by atoms with Gasteiger partial charge in [-0.1, -0.05) is 23.7 Å². The van der Waals surface area contributed by atoms with Crippen molar-refractivity contribution in [2.45, 2.75) is 31.2 Å². The summed E-state index contributed by atoms with van der Waals surface area (Å²) in [7, 11) is 0. The first-order valence-electron chi connectivity index (χ1n) is 8.92. The quantitative estimate of drug-likeness (QED) is 0.568. The normalized spacial score (nSPS) is 32.0. The number of non-ortho nitro benzene ring substituents is 1. The Hall–Kier alpha value is -2.07. The van der Waals surface area contributed by atoms with Crippen LogP contribution in [0.15, 0.2) is 42.5 Å². The van der Waals surface area contributed by atoms with E-state index in [0.717, 1.165) is 16.3 Å². The molecule has 1 N–H and O–H groups in total. The van der Waals surface area contributed by atoms with Gasteiger partial charge in [0, 0.05) is 22.8 Å². The third-order valence-electron chi connectivity index (χ3n) is 6.51. The Kier molecular flexibility index (Phi) is 3.32. The lowest BCUT2D eigenvalue weighted by Crippen LogP contribution is -2.35. The topological polar surface area (TPSA) is 55.2 Å². The van der Waals surface area contributed by atoms with E-state index in [-0.39, 0.29) is 16.7 Å². The molecule has 2 bridgehead atoms. The van der Waals surface area contributed by atoms with Crippen LogP contribution >= 0.6 is 11.6 Å². The molecular weight excluding hydrogens is 336 g/mol. The maximum Gasteiger partial charge on any atom is 0.269 e. The largest absolute Gasteiger partial charge is 0.378 e. The molecule has 0 saturated heterocycles. The number of nitro benzene ring substituents is 1. The molecule has 2 aromatic rings. The Morgan fingerprint density at radius 1 is 1.08 bits per heavy atom. The van der Waals surface area contributed by atoms with Crippen molar-refractivity contribution in [1.82, 2.24) is 0 Å². The van der Waals surface area contributed by atoms with Crippen LogP contribution in [-0.4, -0.2) is 4.92 Å². The maximum atomic E-state index is 11.2.